The fourth-order valence-corrected chi connectivity index (χ4v) is 4.91. The molecule has 0 spiro atoms. The maximum Gasteiger partial charge on any atom is 0.573 e. The van der Waals surface area contributed by atoms with Crippen LogP contribution in [0.3, 0.4) is 0 Å². The number of benzene rings is 2. The zero-order valence-electron chi connectivity index (χ0n) is 26.8. The number of hydrogen-bond donors (Lipinski definition) is 2. The lowest BCUT2D eigenvalue weighted by Crippen LogP contribution is -2.48. The average Bonchev–Trinajstić information content (AvgIpc) is 3.30. The summed E-state index contributed by atoms with van der Waals surface area (Å²) in [6, 6.07) is 12.2. The number of carbonyl (C=O) groups is 2. The molecule has 4 rings (SSSR count). The van der Waals surface area contributed by atoms with Crippen molar-refractivity contribution in [2.45, 2.75) is 65.4 Å². The molecule has 1 fully saturated rings. The van der Waals surface area contributed by atoms with E-state index in [1.165, 1.54) is 34.9 Å². The Kier molecular flexibility index (Phi) is 11.2. The minimum Gasteiger partial charge on any atom is -0.476 e. The highest BCUT2D eigenvalue weighted by atomic mass is 19.4. The Hall–Kier alpha value is -4.53. The number of ether oxygens (including phenoxy) is 4. The van der Waals surface area contributed by atoms with Gasteiger partial charge in [-0.2, -0.15) is 0 Å². The van der Waals surface area contributed by atoms with Gasteiger partial charge in [0, 0.05) is 31.7 Å². The van der Waals surface area contributed by atoms with Gasteiger partial charge >= 0.3 is 18.5 Å². The predicted octanol–water partition coefficient (Wildman–Crippen LogP) is 6.52. The predicted molar refractivity (Wildman–Crippen MR) is 164 cm³/mol. The fourth-order valence-electron chi connectivity index (χ4n) is 4.91. The fraction of sp³-hybridized carbons (Fsp3) is 0.469. The molecule has 3 amide bonds. The van der Waals surface area contributed by atoms with Crippen LogP contribution in [-0.4, -0.2) is 71.7 Å². The number of hydrogen-bond acceptors (Lipinski definition) is 7. The Balaban J connectivity index is 1.46. The second-order valence-corrected chi connectivity index (χ2v) is 12.1. The molecule has 2 aromatic carbocycles. The van der Waals surface area contributed by atoms with E-state index >= 15 is 4.39 Å². The Morgan fingerprint density at radius 2 is 1.81 bits per heavy atom. The summed E-state index contributed by atoms with van der Waals surface area (Å²) in [4.78, 5) is 26.8. The van der Waals surface area contributed by atoms with E-state index in [9.17, 15) is 22.8 Å². The van der Waals surface area contributed by atoms with Crippen molar-refractivity contribution in [1.29, 1.82) is 0 Å². The Bertz CT molecular complexity index is 1530. The van der Waals surface area contributed by atoms with Gasteiger partial charge in [-0.1, -0.05) is 24.3 Å². The number of nitrogens with one attached hydrogen (secondary N) is 2. The van der Waals surface area contributed by atoms with Crippen LogP contribution < -0.4 is 20.1 Å². The van der Waals surface area contributed by atoms with Crippen LogP contribution in [-0.2, 0) is 22.6 Å². The van der Waals surface area contributed by atoms with E-state index in [4.69, 9.17) is 14.2 Å². The van der Waals surface area contributed by atoms with Crippen LogP contribution >= 0.6 is 0 Å². The van der Waals surface area contributed by atoms with E-state index in [1.54, 1.807) is 58.0 Å². The SMILES string of the molecule is COCc1ccc(OC(F)(F)F)c(CNC(=O)Nc2c(C)c(OCC3CCN(C(=O)OC(C)(C)C)CC3F)nn2-c2ccccc2)c1. The maximum absolute atomic E-state index is 15.1. The average molecular weight is 666 g/mol. The number of halogens is 4. The van der Waals surface area contributed by atoms with Gasteiger partial charge < -0.3 is 29.2 Å². The van der Waals surface area contributed by atoms with Gasteiger partial charge in [0.05, 0.1) is 31.0 Å². The highest BCUT2D eigenvalue weighted by Gasteiger charge is 2.35. The summed E-state index contributed by atoms with van der Waals surface area (Å²) in [5.41, 5.74) is 1.00. The molecule has 11 nitrogen and oxygen atoms in total. The van der Waals surface area contributed by atoms with Crippen LogP contribution in [0.4, 0.5) is 33.0 Å². The number of rotatable bonds is 10. The number of piperidine rings is 1. The van der Waals surface area contributed by atoms with E-state index in [0.717, 1.165) is 0 Å². The molecule has 1 aliphatic rings. The summed E-state index contributed by atoms with van der Waals surface area (Å²) in [5, 5.41) is 9.79. The number of nitrogens with zero attached hydrogens (tertiary/aromatic N) is 3. The highest BCUT2D eigenvalue weighted by Crippen LogP contribution is 2.31. The van der Waals surface area contributed by atoms with Crippen molar-refractivity contribution in [3.63, 3.8) is 0 Å². The summed E-state index contributed by atoms with van der Waals surface area (Å²) in [6.45, 7) is 6.90. The largest absolute Gasteiger partial charge is 0.573 e. The van der Waals surface area contributed by atoms with Gasteiger partial charge in [0.2, 0.25) is 5.88 Å². The van der Waals surface area contributed by atoms with E-state index in [1.807, 2.05) is 0 Å². The summed E-state index contributed by atoms with van der Waals surface area (Å²) in [7, 11) is 1.45. The van der Waals surface area contributed by atoms with Crippen molar-refractivity contribution < 1.29 is 46.1 Å². The number of anilines is 1. The molecule has 0 bridgehead atoms. The first-order chi connectivity index (χ1) is 22.1. The number of amides is 3. The summed E-state index contributed by atoms with van der Waals surface area (Å²) < 4.78 is 76.1. The molecular formula is C32H39F4N5O6. The van der Waals surface area contributed by atoms with Crippen molar-refractivity contribution >= 4 is 17.9 Å². The number of aromatic nitrogens is 2. The van der Waals surface area contributed by atoms with Gasteiger partial charge in [-0.25, -0.2) is 18.7 Å². The van der Waals surface area contributed by atoms with Crippen LogP contribution in [0.5, 0.6) is 11.6 Å². The third-order valence-electron chi connectivity index (χ3n) is 7.17. The van der Waals surface area contributed by atoms with E-state index in [0.29, 0.717) is 29.8 Å². The number of likely N-dealkylation sites (tertiary alicyclic amines) is 1. The van der Waals surface area contributed by atoms with Crippen LogP contribution in [0.1, 0.15) is 43.9 Å². The molecule has 256 valence electrons. The maximum atomic E-state index is 15.1. The first-order valence-electron chi connectivity index (χ1n) is 14.9. The second-order valence-electron chi connectivity index (χ2n) is 12.1. The Morgan fingerprint density at radius 3 is 2.45 bits per heavy atom. The molecule has 2 unspecified atom stereocenters. The monoisotopic (exact) mass is 665 g/mol. The van der Waals surface area contributed by atoms with E-state index in [2.05, 4.69) is 20.5 Å². The lowest BCUT2D eigenvalue weighted by atomic mass is 9.96. The van der Waals surface area contributed by atoms with Gasteiger partial charge in [-0.3, -0.25) is 5.32 Å². The molecule has 0 aliphatic carbocycles. The number of methoxy groups -OCH3 is 1. The molecule has 15 heteroatoms. The molecular weight excluding hydrogens is 626 g/mol. The van der Waals surface area contributed by atoms with Crippen molar-refractivity contribution in [1.82, 2.24) is 20.0 Å². The van der Waals surface area contributed by atoms with E-state index < -0.39 is 41.9 Å². The lowest BCUT2D eigenvalue weighted by molar-refractivity contribution is -0.274. The van der Waals surface area contributed by atoms with Gasteiger partial charge in [0.1, 0.15) is 23.3 Å². The first-order valence-corrected chi connectivity index (χ1v) is 14.9. The summed E-state index contributed by atoms with van der Waals surface area (Å²) >= 11 is 0. The normalized spacial score (nSPS) is 16.8. The minimum atomic E-state index is -4.92. The Morgan fingerprint density at radius 1 is 1.09 bits per heavy atom. The number of alkyl halides is 4. The van der Waals surface area contributed by atoms with Crippen molar-refractivity contribution in [2.24, 2.45) is 5.92 Å². The zero-order valence-corrected chi connectivity index (χ0v) is 26.8. The smallest absolute Gasteiger partial charge is 0.476 e. The molecule has 2 atom stereocenters. The van der Waals surface area contributed by atoms with E-state index in [-0.39, 0.29) is 43.6 Å². The summed E-state index contributed by atoms with van der Waals surface area (Å²) in [5.74, 6) is -0.585. The molecule has 2 N–H and O–H groups in total. The quantitative estimate of drug-likeness (QED) is 0.237. The standard InChI is InChI=1S/C32H39F4N5O6/c1-20-27(38-29(42)37-16-23-15-21(18-44-5)11-12-26(23)46-32(34,35)36)41(24-9-7-6-8-10-24)39-28(20)45-19-22-13-14-40(17-25(22)33)30(43)47-31(2,3)4/h6-12,15,22,25H,13-14,16-19H2,1-5H3,(H2,37,38,42). The van der Waals surface area contributed by atoms with Crippen LogP contribution in [0, 0.1) is 12.8 Å². The summed E-state index contributed by atoms with van der Waals surface area (Å²) in [6.07, 6.45) is -6.51. The van der Waals surface area contributed by atoms with Crippen molar-refractivity contribution in [3.8, 4) is 17.3 Å². The molecule has 0 saturated carbocycles. The lowest BCUT2D eigenvalue weighted by Gasteiger charge is -2.35. The third-order valence-corrected chi connectivity index (χ3v) is 7.17. The van der Waals surface area contributed by atoms with Gasteiger partial charge in [0.15, 0.2) is 0 Å². The molecule has 1 aliphatic heterocycles. The van der Waals surface area contributed by atoms with Crippen molar-refractivity contribution in [2.75, 3.05) is 32.1 Å². The second kappa shape index (κ2) is 14.9. The topological polar surface area (TPSA) is 116 Å². The molecule has 1 aromatic heterocycles. The van der Waals surface area contributed by atoms with Gasteiger partial charge in [-0.15, -0.1) is 18.3 Å². The van der Waals surface area contributed by atoms with Crippen molar-refractivity contribution in [3.05, 3.63) is 65.2 Å². The molecule has 2 heterocycles. The number of urea groups is 1. The zero-order chi connectivity index (χ0) is 34.4. The molecule has 1 saturated heterocycles. The minimum absolute atomic E-state index is 0.0264. The number of carbonyl (C=O) groups excluding carboxylic acids is 2. The highest BCUT2D eigenvalue weighted by molar-refractivity contribution is 5.89. The Labute approximate surface area is 270 Å². The molecule has 47 heavy (non-hydrogen) atoms. The van der Waals surface area contributed by atoms with Crippen LogP contribution in [0.2, 0.25) is 0 Å². The molecule has 0 radical (unpaired) electrons. The van der Waals surface area contributed by atoms with Crippen LogP contribution in [0.15, 0.2) is 48.5 Å². The van der Waals surface area contributed by atoms with Crippen LogP contribution in [0.25, 0.3) is 5.69 Å². The molecule has 3 aromatic rings. The van der Waals surface area contributed by atoms with Gasteiger partial charge in [0.25, 0.3) is 0 Å². The number of para-hydroxylation sites is 1. The third kappa shape index (κ3) is 9.98. The first kappa shape index (κ1) is 35.3. The van der Waals surface area contributed by atoms with Gasteiger partial charge in [-0.05, 0) is 63.9 Å².